The molecule has 0 radical (unpaired) electrons. The minimum atomic E-state index is 0.575. The molecular weight excluding hydrogens is 867 g/mol. The van der Waals surface area contributed by atoms with Crippen LogP contribution in [0.2, 0.25) is 0 Å². The molecule has 0 N–H and O–H groups in total. The molecule has 0 aliphatic carbocycles. The van der Waals surface area contributed by atoms with Gasteiger partial charge < -0.3 is 13.6 Å². The van der Waals surface area contributed by atoms with Gasteiger partial charge in [-0.3, -0.25) is 0 Å². The van der Waals surface area contributed by atoms with Crippen LogP contribution in [0.3, 0.4) is 0 Å². The number of benzene rings is 11. The molecule has 0 aliphatic rings. The average molecular weight is 906 g/mol. The lowest BCUT2D eigenvalue weighted by Gasteiger charge is -2.16. The van der Waals surface area contributed by atoms with Crippen molar-refractivity contribution in [3.05, 3.63) is 237 Å². The maximum atomic E-state index is 6.83. The number of nitrogens with zero attached hydrogens (tertiary/aromatic N) is 5. The summed E-state index contributed by atoms with van der Waals surface area (Å²) in [7, 11) is 0. The number of hydrogen-bond acceptors (Lipinski definition) is 4. The molecule has 4 heterocycles. The van der Waals surface area contributed by atoms with Gasteiger partial charge in [-0.25, -0.2) is 15.0 Å². The number of fused-ring (bicyclic) bond motifs is 12. The fourth-order valence-corrected chi connectivity index (χ4v) is 11.1. The third kappa shape index (κ3) is 6.11. The Balaban J connectivity index is 1.01. The molecule has 71 heavy (non-hydrogen) atoms. The van der Waals surface area contributed by atoms with E-state index in [1.54, 1.807) is 0 Å². The summed E-state index contributed by atoms with van der Waals surface area (Å²) in [6, 6.07) is 83.9. The summed E-state index contributed by atoms with van der Waals surface area (Å²) in [6.07, 6.45) is 0. The minimum Gasteiger partial charge on any atom is -0.455 e. The van der Waals surface area contributed by atoms with Crippen LogP contribution in [0, 0.1) is 0 Å². The molecule has 0 bridgehead atoms. The lowest BCUT2D eigenvalue weighted by molar-refractivity contribution is 0.673. The number of furan rings is 1. The maximum absolute atomic E-state index is 6.83. The summed E-state index contributed by atoms with van der Waals surface area (Å²) >= 11 is 0. The average Bonchev–Trinajstić information content (AvgIpc) is 4.10. The lowest BCUT2D eigenvalue weighted by Crippen LogP contribution is -2.02. The lowest BCUT2D eigenvalue weighted by atomic mass is 9.93. The van der Waals surface area contributed by atoms with Gasteiger partial charge in [-0.2, -0.15) is 0 Å². The van der Waals surface area contributed by atoms with Gasteiger partial charge in [-0.1, -0.05) is 152 Å². The van der Waals surface area contributed by atoms with E-state index < -0.39 is 0 Å². The van der Waals surface area contributed by atoms with Gasteiger partial charge in [0.05, 0.1) is 22.1 Å². The summed E-state index contributed by atoms with van der Waals surface area (Å²) in [4.78, 5) is 16.1. The van der Waals surface area contributed by atoms with Crippen molar-refractivity contribution in [2.75, 3.05) is 0 Å². The van der Waals surface area contributed by atoms with Crippen molar-refractivity contribution in [1.29, 1.82) is 0 Å². The number of rotatable bonds is 6. The molecule has 0 spiro atoms. The standard InChI is InChI=1S/C65H39N5O/c1-3-17-41(18-4-1)63-66-64(44-31-35-58-54(37-44)48-24-11-13-27-56(48)69(58)45-21-5-2-6-22-45)68-65(67-63)51-34-32-46(70-57-28-14-12-25-49(57)55-36-42-19-7-8-20-43(42)38-59(55)70)39-53(51)50-26-15-29-60-61(50)52-33-30-40-16-9-10-23-47(40)62(52)71-60/h1-39H. The predicted molar refractivity (Wildman–Crippen MR) is 293 cm³/mol. The molecule has 0 atom stereocenters. The van der Waals surface area contributed by atoms with Crippen molar-refractivity contribution in [3.8, 4) is 56.7 Å². The maximum Gasteiger partial charge on any atom is 0.164 e. The van der Waals surface area contributed by atoms with Gasteiger partial charge in [0.2, 0.25) is 0 Å². The highest BCUT2D eigenvalue weighted by Crippen LogP contribution is 2.45. The Bertz CT molecular complexity index is 4640. The van der Waals surface area contributed by atoms with E-state index >= 15 is 0 Å². The Morgan fingerprint density at radius 1 is 0.296 bits per heavy atom. The quantitative estimate of drug-likeness (QED) is 0.167. The Morgan fingerprint density at radius 2 is 0.901 bits per heavy atom. The van der Waals surface area contributed by atoms with E-state index in [0.717, 1.165) is 105 Å². The first-order chi connectivity index (χ1) is 35.2. The first-order valence-electron chi connectivity index (χ1n) is 24.0. The zero-order valence-corrected chi connectivity index (χ0v) is 38.2. The van der Waals surface area contributed by atoms with Gasteiger partial charge in [0.25, 0.3) is 0 Å². The molecule has 0 unspecified atom stereocenters. The molecule has 0 saturated carbocycles. The summed E-state index contributed by atoms with van der Waals surface area (Å²) in [5.74, 6) is 1.76. The molecule has 11 aromatic carbocycles. The minimum absolute atomic E-state index is 0.575. The largest absolute Gasteiger partial charge is 0.455 e. The second kappa shape index (κ2) is 15.4. The van der Waals surface area contributed by atoms with Gasteiger partial charge >= 0.3 is 0 Å². The third-order valence-corrected chi connectivity index (χ3v) is 14.3. The first-order valence-corrected chi connectivity index (χ1v) is 24.0. The van der Waals surface area contributed by atoms with Crippen molar-refractivity contribution >= 4 is 87.1 Å². The van der Waals surface area contributed by atoms with Gasteiger partial charge in [-0.15, -0.1) is 0 Å². The van der Waals surface area contributed by atoms with E-state index in [-0.39, 0.29) is 0 Å². The first kappa shape index (κ1) is 39.4. The summed E-state index contributed by atoms with van der Waals surface area (Å²) < 4.78 is 11.6. The molecule has 330 valence electrons. The molecule has 6 heteroatoms. The molecule has 0 fully saturated rings. The van der Waals surface area contributed by atoms with Gasteiger partial charge in [0.1, 0.15) is 11.2 Å². The number of aromatic nitrogens is 5. The van der Waals surface area contributed by atoms with Crippen molar-refractivity contribution in [2.45, 2.75) is 0 Å². The van der Waals surface area contributed by atoms with Gasteiger partial charge in [-0.05, 0) is 112 Å². The number of hydrogen-bond donors (Lipinski definition) is 0. The van der Waals surface area contributed by atoms with Crippen LogP contribution in [-0.4, -0.2) is 24.1 Å². The Labute approximate surface area is 407 Å². The van der Waals surface area contributed by atoms with Crippen LogP contribution in [0.25, 0.3) is 144 Å². The SMILES string of the molecule is c1ccc(-c2nc(-c3ccc4c(c3)c3ccccc3n4-c3ccccc3)nc(-c3ccc(-n4c5ccccc5c5cc6ccccc6cc54)cc3-c3cccc4oc5c6ccccc6ccc5c34)n2)cc1. The summed E-state index contributed by atoms with van der Waals surface area (Å²) in [6.45, 7) is 0. The smallest absolute Gasteiger partial charge is 0.164 e. The number of para-hydroxylation sites is 3. The topological polar surface area (TPSA) is 61.7 Å². The van der Waals surface area contributed by atoms with Crippen LogP contribution < -0.4 is 0 Å². The van der Waals surface area contributed by atoms with Crippen LogP contribution in [0.4, 0.5) is 0 Å². The normalized spacial score (nSPS) is 11.9. The van der Waals surface area contributed by atoms with E-state index in [9.17, 15) is 0 Å². The highest BCUT2D eigenvalue weighted by atomic mass is 16.3. The molecule has 4 aromatic heterocycles. The fourth-order valence-electron chi connectivity index (χ4n) is 11.1. The van der Waals surface area contributed by atoms with E-state index in [0.29, 0.717) is 17.5 Å². The highest BCUT2D eigenvalue weighted by Gasteiger charge is 2.23. The van der Waals surface area contributed by atoms with Crippen LogP contribution in [0.5, 0.6) is 0 Å². The fraction of sp³-hybridized carbons (Fsp3) is 0. The van der Waals surface area contributed by atoms with Crippen molar-refractivity contribution < 1.29 is 4.42 Å². The van der Waals surface area contributed by atoms with Crippen molar-refractivity contribution in [2.24, 2.45) is 0 Å². The zero-order chi connectivity index (χ0) is 46.6. The van der Waals surface area contributed by atoms with E-state index in [1.807, 2.05) is 18.2 Å². The van der Waals surface area contributed by atoms with Gasteiger partial charge in [0.15, 0.2) is 17.5 Å². The van der Waals surface area contributed by atoms with Gasteiger partial charge in [0, 0.05) is 65.8 Å². The van der Waals surface area contributed by atoms with Crippen molar-refractivity contribution in [3.63, 3.8) is 0 Å². The Morgan fingerprint density at radius 3 is 1.68 bits per heavy atom. The van der Waals surface area contributed by atoms with Crippen LogP contribution in [0.15, 0.2) is 241 Å². The van der Waals surface area contributed by atoms with Crippen LogP contribution in [0.1, 0.15) is 0 Å². The molecule has 15 aromatic rings. The Kier molecular flexibility index (Phi) is 8.56. The Hall–Kier alpha value is -9.65. The molecule has 15 rings (SSSR count). The van der Waals surface area contributed by atoms with E-state index in [1.165, 1.54) is 21.5 Å². The predicted octanol–water partition coefficient (Wildman–Crippen LogP) is 16.9. The van der Waals surface area contributed by atoms with E-state index in [2.05, 4.69) is 228 Å². The molecule has 0 aliphatic heterocycles. The third-order valence-electron chi connectivity index (χ3n) is 14.3. The summed E-state index contributed by atoms with van der Waals surface area (Å²) in [5.41, 5.74) is 13.0. The highest BCUT2D eigenvalue weighted by molar-refractivity contribution is 6.20. The van der Waals surface area contributed by atoms with Crippen molar-refractivity contribution in [1.82, 2.24) is 24.1 Å². The molecule has 6 nitrogen and oxygen atoms in total. The molecule has 0 amide bonds. The zero-order valence-electron chi connectivity index (χ0n) is 38.2. The molecular formula is C65H39N5O. The van der Waals surface area contributed by atoms with E-state index in [4.69, 9.17) is 19.4 Å². The van der Waals surface area contributed by atoms with Crippen LogP contribution >= 0.6 is 0 Å². The second-order valence-electron chi connectivity index (χ2n) is 18.3. The van der Waals surface area contributed by atoms with Crippen LogP contribution in [-0.2, 0) is 0 Å². The second-order valence-corrected chi connectivity index (χ2v) is 18.3. The monoisotopic (exact) mass is 905 g/mol. The molecule has 0 saturated heterocycles. The summed E-state index contributed by atoms with van der Waals surface area (Å²) in [5, 5.41) is 11.4.